The van der Waals surface area contributed by atoms with Crippen molar-refractivity contribution in [3.05, 3.63) is 23.0 Å². The lowest BCUT2D eigenvalue weighted by Crippen LogP contribution is -2.57. The Hall–Kier alpha value is -1.42. The molecule has 4 nitrogen and oxygen atoms in total. The SMILES string of the molecule is CCCC(C)=O.CCCc1c(N2CCNC(C)(C)C2)cc(C2CC2)nc1C. The van der Waals surface area contributed by atoms with Gasteiger partial charge in [0.2, 0.25) is 0 Å². The summed E-state index contributed by atoms with van der Waals surface area (Å²) in [4.78, 5) is 17.5. The lowest BCUT2D eigenvalue weighted by Gasteiger charge is -2.41. The highest BCUT2D eigenvalue weighted by molar-refractivity contribution is 5.75. The number of pyridine rings is 1. The summed E-state index contributed by atoms with van der Waals surface area (Å²) < 4.78 is 0. The van der Waals surface area contributed by atoms with Gasteiger partial charge < -0.3 is 15.0 Å². The molecule has 0 radical (unpaired) electrons. The van der Waals surface area contributed by atoms with Crippen molar-refractivity contribution in [2.75, 3.05) is 24.5 Å². The number of anilines is 1. The van der Waals surface area contributed by atoms with Gasteiger partial charge in [0.1, 0.15) is 5.78 Å². The Labute approximate surface area is 166 Å². The molecule has 1 aliphatic heterocycles. The summed E-state index contributed by atoms with van der Waals surface area (Å²) >= 11 is 0. The van der Waals surface area contributed by atoms with Crippen molar-refractivity contribution in [2.45, 2.75) is 91.5 Å². The molecule has 0 bridgehead atoms. The van der Waals surface area contributed by atoms with E-state index in [0.717, 1.165) is 44.8 Å². The lowest BCUT2D eigenvalue weighted by atomic mass is 9.98. The summed E-state index contributed by atoms with van der Waals surface area (Å²) in [6.45, 7) is 15.9. The topological polar surface area (TPSA) is 45.2 Å². The Bertz CT molecular complexity index is 635. The first kappa shape index (κ1) is 21.9. The van der Waals surface area contributed by atoms with Gasteiger partial charge >= 0.3 is 0 Å². The van der Waals surface area contributed by atoms with E-state index in [0.29, 0.717) is 0 Å². The van der Waals surface area contributed by atoms with E-state index in [2.05, 4.69) is 44.0 Å². The molecule has 0 unspecified atom stereocenters. The molecule has 4 heteroatoms. The number of piperazine rings is 1. The van der Waals surface area contributed by atoms with E-state index in [1.807, 2.05) is 6.92 Å². The minimum absolute atomic E-state index is 0.193. The highest BCUT2D eigenvalue weighted by Gasteiger charge is 2.30. The number of hydrogen-bond donors (Lipinski definition) is 1. The molecule has 0 amide bonds. The van der Waals surface area contributed by atoms with Gasteiger partial charge in [-0.1, -0.05) is 20.3 Å². The molecule has 2 fully saturated rings. The van der Waals surface area contributed by atoms with Gasteiger partial charge in [0.05, 0.1) is 0 Å². The van der Waals surface area contributed by atoms with E-state index in [1.54, 1.807) is 6.92 Å². The van der Waals surface area contributed by atoms with Crippen molar-refractivity contribution in [1.29, 1.82) is 0 Å². The number of nitrogens with one attached hydrogen (secondary N) is 1. The van der Waals surface area contributed by atoms with Crippen molar-refractivity contribution < 1.29 is 4.79 Å². The zero-order chi connectivity index (χ0) is 20.0. The molecule has 1 aromatic rings. The summed E-state index contributed by atoms with van der Waals surface area (Å²) in [7, 11) is 0. The number of aromatic nitrogens is 1. The van der Waals surface area contributed by atoms with Gasteiger partial charge in [0.15, 0.2) is 0 Å². The number of ketones is 1. The molecule has 3 rings (SSSR count). The monoisotopic (exact) mass is 373 g/mol. The average molecular weight is 374 g/mol. The van der Waals surface area contributed by atoms with Crippen LogP contribution in [0.3, 0.4) is 0 Å². The third-order valence-electron chi connectivity index (χ3n) is 5.34. The van der Waals surface area contributed by atoms with Crippen LogP contribution < -0.4 is 10.2 Å². The highest BCUT2D eigenvalue weighted by atomic mass is 16.1. The third kappa shape index (κ3) is 6.60. The van der Waals surface area contributed by atoms with Gasteiger partial charge in [-0.3, -0.25) is 4.98 Å². The van der Waals surface area contributed by atoms with Gasteiger partial charge in [-0.2, -0.15) is 0 Å². The third-order valence-corrected chi connectivity index (χ3v) is 5.34. The summed E-state index contributed by atoms with van der Waals surface area (Å²) in [6.07, 6.45) is 6.70. The predicted octanol–water partition coefficient (Wildman–Crippen LogP) is 4.78. The Morgan fingerprint density at radius 3 is 2.48 bits per heavy atom. The Morgan fingerprint density at radius 1 is 1.30 bits per heavy atom. The molecular formula is C23H39N3O. The van der Waals surface area contributed by atoms with Crippen molar-refractivity contribution in [3.63, 3.8) is 0 Å². The summed E-state index contributed by atoms with van der Waals surface area (Å²) in [5.41, 5.74) is 5.71. The highest BCUT2D eigenvalue weighted by Crippen LogP contribution is 2.41. The summed E-state index contributed by atoms with van der Waals surface area (Å²) in [5, 5.41) is 3.62. The molecule has 2 heterocycles. The van der Waals surface area contributed by atoms with Crippen LogP contribution in [-0.2, 0) is 11.2 Å². The minimum atomic E-state index is 0.193. The lowest BCUT2D eigenvalue weighted by molar-refractivity contribution is -0.117. The zero-order valence-corrected chi connectivity index (χ0v) is 18.3. The number of rotatable bonds is 6. The molecule has 1 N–H and O–H groups in total. The first-order valence-corrected chi connectivity index (χ1v) is 10.8. The quantitative estimate of drug-likeness (QED) is 0.779. The van der Waals surface area contributed by atoms with Crippen LogP contribution in [0.2, 0.25) is 0 Å². The van der Waals surface area contributed by atoms with Gasteiger partial charge in [0.25, 0.3) is 0 Å². The van der Waals surface area contributed by atoms with E-state index >= 15 is 0 Å². The van der Waals surface area contributed by atoms with Crippen LogP contribution in [0.25, 0.3) is 0 Å². The van der Waals surface area contributed by atoms with Crippen LogP contribution in [0.4, 0.5) is 5.69 Å². The zero-order valence-electron chi connectivity index (χ0n) is 18.3. The van der Waals surface area contributed by atoms with Gasteiger partial charge in [-0.25, -0.2) is 0 Å². The Kier molecular flexibility index (Phi) is 7.84. The van der Waals surface area contributed by atoms with E-state index in [9.17, 15) is 4.79 Å². The number of aryl methyl sites for hydroxylation is 1. The van der Waals surface area contributed by atoms with Crippen molar-refractivity contribution >= 4 is 11.5 Å². The molecular weight excluding hydrogens is 334 g/mol. The molecule has 2 aliphatic rings. The summed E-state index contributed by atoms with van der Waals surface area (Å²) in [6, 6.07) is 2.40. The van der Waals surface area contributed by atoms with Gasteiger partial charge in [-0.05, 0) is 65.0 Å². The van der Waals surface area contributed by atoms with Crippen LogP contribution in [-0.4, -0.2) is 35.9 Å². The molecule has 1 aliphatic carbocycles. The number of carbonyl (C=O) groups excluding carboxylic acids is 1. The molecule has 1 saturated heterocycles. The van der Waals surface area contributed by atoms with Gasteiger partial charge in [-0.15, -0.1) is 0 Å². The fourth-order valence-corrected chi connectivity index (χ4v) is 3.83. The second-order valence-corrected chi connectivity index (χ2v) is 8.84. The van der Waals surface area contributed by atoms with Crippen LogP contribution in [0.15, 0.2) is 6.07 Å². The van der Waals surface area contributed by atoms with Crippen molar-refractivity contribution in [1.82, 2.24) is 10.3 Å². The van der Waals surface area contributed by atoms with Gasteiger partial charge in [0, 0.05) is 54.6 Å². The van der Waals surface area contributed by atoms with Crippen LogP contribution in [0.1, 0.15) is 89.6 Å². The van der Waals surface area contributed by atoms with Crippen molar-refractivity contribution in [2.24, 2.45) is 0 Å². The first-order chi connectivity index (χ1) is 12.8. The first-order valence-electron chi connectivity index (χ1n) is 10.8. The largest absolute Gasteiger partial charge is 0.368 e. The molecule has 0 atom stereocenters. The van der Waals surface area contributed by atoms with Crippen molar-refractivity contribution in [3.8, 4) is 0 Å². The maximum atomic E-state index is 10.0. The minimum Gasteiger partial charge on any atom is -0.368 e. The molecule has 1 aromatic heterocycles. The fourth-order valence-electron chi connectivity index (χ4n) is 3.83. The molecule has 0 spiro atoms. The summed E-state index contributed by atoms with van der Waals surface area (Å²) in [5.74, 6) is 1.02. The number of carbonyl (C=O) groups is 1. The maximum absolute atomic E-state index is 10.0. The van der Waals surface area contributed by atoms with Crippen LogP contribution in [0.5, 0.6) is 0 Å². The van der Waals surface area contributed by atoms with Crippen LogP contribution >= 0.6 is 0 Å². The van der Waals surface area contributed by atoms with E-state index in [-0.39, 0.29) is 11.3 Å². The van der Waals surface area contributed by atoms with E-state index < -0.39 is 0 Å². The molecule has 1 saturated carbocycles. The average Bonchev–Trinajstić information content (AvgIpc) is 3.41. The Balaban J connectivity index is 0.000000380. The predicted molar refractivity (Wildman–Crippen MR) is 115 cm³/mol. The smallest absolute Gasteiger partial charge is 0.129 e. The molecule has 0 aromatic carbocycles. The molecule has 152 valence electrons. The Morgan fingerprint density at radius 2 is 2.00 bits per heavy atom. The second-order valence-electron chi connectivity index (χ2n) is 8.84. The normalized spacial score (nSPS) is 18.7. The van der Waals surface area contributed by atoms with Crippen LogP contribution in [0, 0.1) is 6.92 Å². The fraction of sp³-hybridized carbons (Fsp3) is 0.739. The van der Waals surface area contributed by atoms with E-state index in [1.165, 1.54) is 41.9 Å². The van der Waals surface area contributed by atoms with E-state index in [4.69, 9.17) is 4.98 Å². The number of Topliss-reactive ketones (excluding diaryl/α,β-unsaturated/α-hetero) is 1. The number of hydrogen-bond acceptors (Lipinski definition) is 4. The number of nitrogens with zero attached hydrogens (tertiary/aromatic N) is 2. The maximum Gasteiger partial charge on any atom is 0.129 e. The molecule has 27 heavy (non-hydrogen) atoms. The second kappa shape index (κ2) is 9.68. The standard InChI is InChI=1S/C18H29N3.C5H10O/c1-5-6-15-13(2)20-16(14-7-8-14)11-17(15)21-10-9-19-18(3,4)12-21;1-3-4-5(2)6/h11,14,19H,5-10,12H2,1-4H3;3-4H2,1-2H3.